The second kappa shape index (κ2) is 6.53. The van der Waals surface area contributed by atoms with Crippen molar-refractivity contribution in [2.24, 2.45) is 16.8 Å². The van der Waals surface area contributed by atoms with Crippen LogP contribution in [0.1, 0.15) is 25.5 Å². The summed E-state index contributed by atoms with van der Waals surface area (Å²) < 4.78 is 26.3. The van der Waals surface area contributed by atoms with Crippen LogP contribution in [-0.2, 0) is 10.0 Å². The molecule has 0 aliphatic rings. The normalized spacial score (nSPS) is 14.6. The van der Waals surface area contributed by atoms with E-state index in [0.717, 1.165) is 0 Å². The van der Waals surface area contributed by atoms with Gasteiger partial charge in [-0.3, -0.25) is 0 Å². The van der Waals surface area contributed by atoms with E-state index in [1.54, 1.807) is 44.2 Å². The summed E-state index contributed by atoms with van der Waals surface area (Å²) in [6, 6.07) is 7.86. The third-order valence-corrected chi connectivity index (χ3v) is 4.09. The van der Waals surface area contributed by atoms with Crippen LogP contribution >= 0.6 is 0 Å². The summed E-state index contributed by atoms with van der Waals surface area (Å²) in [6.45, 7) is 3.61. The number of amidine groups is 1. The predicted molar refractivity (Wildman–Crippen MR) is 74.4 cm³/mol. The monoisotopic (exact) mass is 285 g/mol. The lowest BCUT2D eigenvalue weighted by atomic mass is 10.1. The van der Waals surface area contributed by atoms with E-state index in [0.29, 0.717) is 5.56 Å². The van der Waals surface area contributed by atoms with Crippen molar-refractivity contribution in [3.63, 3.8) is 0 Å². The molecule has 1 aromatic rings. The minimum atomic E-state index is -3.51. The van der Waals surface area contributed by atoms with E-state index in [1.807, 2.05) is 0 Å². The fourth-order valence-electron chi connectivity index (χ4n) is 1.67. The van der Waals surface area contributed by atoms with Gasteiger partial charge in [0.15, 0.2) is 5.84 Å². The van der Waals surface area contributed by atoms with Crippen molar-refractivity contribution >= 4 is 15.9 Å². The first-order valence-corrected chi connectivity index (χ1v) is 7.53. The molecule has 0 heterocycles. The van der Waals surface area contributed by atoms with E-state index in [2.05, 4.69) is 9.88 Å². The highest BCUT2D eigenvalue weighted by atomic mass is 32.2. The number of rotatable bonds is 6. The third kappa shape index (κ3) is 4.88. The maximum Gasteiger partial charge on any atom is 0.212 e. The quantitative estimate of drug-likeness (QED) is 0.314. The molecule has 1 aromatic carbocycles. The van der Waals surface area contributed by atoms with Gasteiger partial charge in [-0.1, -0.05) is 49.3 Å². The van der Waals surface area contributed by atoms with E-state index in [4.69, 9.17) is 10.9 Å². The molecule has 19 heavy (non-hydrogen) atoms. The average molecular weight is 285 g/mol. The zero-order valence-electron chi connectivity index (χ0n) is 10.9. The molecule has 106 valence electrons. The summed E-state index contributed by atoms with van der Waals surface area (Å²) in [6.07, 6.45) is 0. The van der Waals surface area contributed by atoms with Crippen LogP contribution in [0.4, 0.5) is 0 Å². The molecule has 0 aliphatic carbocycles. The standard InChI is InChI=1S/C12H19N3O3S/c1-9(2)8-19(17,18)15-11(12(13)14-16)10-6-4-3-5-7-10/h3-7,9,11,15-16H,8H2,1-2H3,(H2,13,14). The molecule has 0 spiro atoms. The summed E-state index contributed by atoms with van der Waals surface area (Å²) in [5, 5.41) is 11.7. The first kappa shape index (κ1) is 15.5. The van der Waals surface area contributed by atoms with Gasteiger partial charge < -0.3 is 10.9 Å². The van der Waals surface area contributed by atoms with Gasteiger partial charge in [-0.25, -0.2) is 8.42 Å². The van der Waals surface area contributed by atoms with E-state index in [-0.39, 0.29) is 17.5 Å². The van der Waals surface area contributed by atoms with Gasteiger partial charge in [-0.2, -0.15) is 4.72 Å². The predicted octanol–water partition coefficient (Wildman–Crippen LogP) is 1.05. The van der Waals surface area contributed by atoms with Gasteiger partial charge in [-0.15, -0.1) is 0 Å². The van der Waals surface area contributed by atoms with Gasteiger partial charge >= 0.3 is 0 Å². The molecular weight excluding hydrogens is 266 g/mol. The lowest BCUT2D eigenvalue weighted by Crippen LogP contribution is -2.39. The number of nitrogens with one attached hydrogen (secondary N) is 1. The number of nitrogens with zero attached hydrogens (tertiary/aromatic N) is 1. The second-order valence-electron chi connectivity index (χ2n) is 4.66. The minimum absolute atomic E-state index is 0.0128. The minimum Gasteiger partial charge on any atom is -0.409 e. The van der Waals surface area contributed by atoms with Crippen LogP contribution in [0.2, 0.25) is 0 Å². The van der Waals surface area contributed by atoms with Crippen LogP contribution in [0.3, 0.4) is 0 Å². The number of sulfonamides is 1. The molecule has 7 heteroatoms. The highest BCUT2D eigenvalue weighted by molar-refractivity contribution is 7.89. The molecule has 4 N–H and O–H groups in total. The average Bonchev–Trinajstić information content (AvgIpc) is 2.34. The van der Waals surface area contributed by atoms with Crippen LogP contribution < -0.4 is 10.5 Å². The Kier molecular flexibility index (Phi) is 5.31. The Hall–Kier alpha value is -1.60. The molecule has 0 fully saturated rings. The molecule has 1 unspecified atom stereocenters. The Bertz CT molecular complexity index is 526. The summed E-state index contributed by atoms with van der Waals surface area (Å²) in [5.41, 5.74) is 6.18. The summed E-state index contributed by atoms with van der Waals surface area (Å²) >= 11 is 0. The zero-order valence-corrected chi connectivity index (χ0v) is 11.8. The topological polar surface area (TPSA) is 105 Å². The van der Waals surface area contributed by atoms with Gasteiger partial charge in [0, 0.05) is 0 Å². The molecule has 0 bridgehead atoms. The molecule has 1 rings (SSSR count). The van der Waals surface area contributed by atoms with Gasteiger partial charge in [0.05, 0.1) is 5.75 Å². The number of benzene rings is 1. The molecule has 6 nitrogen and oxygen atoms in total. The summed E-state index contributed by atoms with van der Waals surface area (Å²) in [4.78, 5) is 0. The zero-order chi connectivity index (χ0) is 14.5. The van der Waals surface area contributed by atoms with Crippen LogP contribution in [-0.4, -0.2) is 25.2 Å². The van der Waals surface area contributed by atoms with Crippen LogP contribution in [0.15, 0.2) is 35.5 Å². The fourth-order valence-corrected chi connectivity index (χ4v) is 3.26. The summed E-state index contributed by atoms with van der Waals surface area (Å²) in [5.74, 6) is -0.227. The molecule has 0 saturated carbocycles. The SMILES string of the molecule is CC(C)CS(=O)(=O)NC(C(N)=NO)c1ccccc1. The van der Waals surface area contributed by atoms with Gasteiger partial charge in [-0.05, 0) is 11.5 Å². The third-order valence-electron chi connectivity index (χ3n) is 2.39. The number of hydrogen-bond donors (Lipinski definition) is 3. The van der Waals surface area contributed by atoms with E-state index in [1.165, 1.54) is 0 Å². The lowest BCUT2D eigenvalue weighted by Gasteiger charge is -2.18. The Morgan fingerprint density at radius 1 is 1.37 bits per heavy atom. The van der Waals surface area contributed by atoms with Crippen molar-refractivity contribution in [1.29, 1.82) is 0 Å². The first-order chi connectivity index (χ1) is 8.85. The number of hydrogen-bond acceptors (Lipinski definition) is 4. The van der Waals surface area contributed by atoms with E-state index in [9.17, 15) is 8.42 Å². The maximum atomic E-state index is 11.9. The van der Waals surface area contributed by atoms with Crippen LogP contribution in [0.5, 0.6) is 0 Å². The molecular formula is C12H19N3O3S. The van der Waals surface area contributed by atoms with Crippen molar-refractivity contribution in [2.45, 2.75) is 19.9 Å². The molecule has 0 aliphatic heterocycles. The van der Waals surface area contributed by atoms with Crippen molar-refractivity contribution in [3.05, 3.63) is 35.9 Å². The van der Waals surface area contributed by atoms with E-state index >= 15 is 0 Å². The number of nitrogens with two attached hydrogens (primary N) is 1. The molecule has 0 amide bonds. The second-order valence-corrected chi connectivity index (χ2v) is 6.46. The van der Waals surface area contributed by atoms with Crippen LogP contribution in [0, 0.1) is 5.92 Å². The van der Waals surface area contributed by atoms with Gasteiger partial charge in [0.25, 0.3) is 0 Å². The lowest BCUT2D eigenvalue weighted by molar-refractivity contribution is 0.315. The maximum absolute atomic E-state index is 11.9. The van der Waals surface area contributed by atoms with E-state index < -0.39 is 16.1 Å². The Labute approximate surface area is 113 Å². The van der Waals surface area contributed by atoms with Crippen molar-refractivity contribution in [1.82, 2.24) is 4.72 Å². The molecule has 1 atom stereocenters. The van der Waals surface area contributed by atoms with Crippen molar-refractivity contribution in [2.75, 3.05) is 5.75 Å². The largest absolute Gasteiger partial charge is 0.409 e. The van der Waals surface area contributed by atoms with Gasteiger partial charge in [0.2, 0.25) is 10.0 Å². The highest BCUT2D eigenvalue weighted by Gasteiger charge is 2.23. The van der Waals surface area contributed by atoms with Crippen LogP contribution in [0.25, 0.3) is 0 Å². The van der Waals surface area contributed by atoms with Gasteiger partial charge in [0.1, 0.15) is 6.04 Å². The Balaban J connectivity index is 3.01. The smallest absolute Gasteiger partial charge is 0.212 e. The Morgan fingerprint density at radius 3 is 2.42 bits per heavy atom. The number of oxime groups is 1. The molecule has 0 radical (unpaired) electrons. The molecule has 0 saturated heterocycles. The first-order valence-electron chi connectivity index (χ1n) is 5.88. The van der Waals surface area contributed by atoms with Crippen molar-refractivity contribution in [3.8, 4) is 0 Å². The van der Waals surface area contributed by atoms with Crippen molar-refractivity contribution < 1.29 is 13.6 Å². The molecule has 0 aromatic heterocycles. The highest BCUT2D eigenvalue weighted by Crippen LogP contribution is 2.14. The fraction of sp³-hybridized carbons (Fsp3) is 0.417. The Morgan fingerprint density at radius 2 is 1.95 bits per heavy atom. The summed E-state index contributed by atoms with van der Waals surface area (Å²) in [7, 11) is -3.51.